The predicted molar refractivity (Wildman–Crippen MR) is 46.4 cm³/mol. The number of hydrogen-bond acceptors (Lipinski definition) is 1. The normalized spacial score (nSPS) is 29.5. The average Bonchev–Trinajstić information content (AvgIpc) is 2.04. The summed E-state index contributed by atoms with van der Waals surface area (Å²) in [6.07, 6.45) is 2.46. The lowest BCUT2D eigenvalue weighted by atomic mass is 9.76. The summed E-state index contributed by atoms with van der Waals surface area (Å²) in [6, 6.07) is 11.0. The first-order valence-corrected chi connectivity index (χ1v) is 4.18. The van der Waals surface area contributed by atoms with Crippen LogP contribution in [0.5, 0.6) is 0 Å². The Bertz CT molecular complexity index is 230. The molecular formula is C10H13N. The smallest absolute Gasteiger partial charge is 0.0108 e. The molecule has 0 saturated heterocycles. The molecule has 0 radical (unpaired) electrons. The van der Waals surface area contributed by atoms with Crippen LogP contribution in [0.3, 0.4) is 0 Å². The molecule has 0 heterocycles. The van der Waals surface area contributed by atoms with Crippen molar-refractivity contribution in [2.24, 2.45) is 5.73 Å². The quantitative estimate of drug-likeness (QED) is 0.645. The fraction of sp³-hybridized carbons (Fsp3) is 0.400. The number of benzene rings is 1. The summed E-state index contributed by atoms with van der Waals surface area (Å²) >= 11 is 0. The highest BCUT2D eigenvalue weighted by molar-refractivity contribution is 5.23. The van der Waals surface area contributed by atoms with Crippen LogP contribution in [0.4, 0.5) is 0 Å². The fourth-order valence-electron chi connectivity index (χ4n) is 1.64. The zero-order valence-electron chi connectivity index (χ0n) is 6.53. The van der Waals surface area contributed by atoms with Crippen LogP contribution in [0.1, 0.15) is 24.3 Å². The van der Waals surface area contributed by atoms with Gasteiger partial charge in [-0.3, -0.25) is 0 Å². The summed E-state index contributed by atoms with van der Waals surface area (Å²) in [4.78, 5) is 0. The third kappa shape index (κ3) is 1.16. The van der Waals surface area contributed by atoms with Gasteiger partial charge in [0.25, 0.3) is 0 Å². The monoisotopic (exact) mass is 147 g/mol. The third-order valence-corrected chi connectivity index (χ3v) is 2.56. The Labute approximate surface area is 67.2 Å². The van der Waals surface area contributed by atoms with Gasteiger partial charge in [0.15, 0.2) is 0 Å². The van der Waals surface area contributed by atoms with E-state index in [4.69, 9.17) is 5.73 Å². The summed E-state index contributed by atoms with van der Waals surface area (Å²) in [7, 11) is 0. The zero-order valence-corrected chi connectivity index (χ0v) is 6.53. The van der Waals surface area contributed by atoms with E-state index in [0.29, 0.717) is 12.0 Å². The van der Waals surface area contributed by atoms with Gasteiger partial charge in [-0.15, -0.1) is 0 Å². The van der Waals surface area contributed by atoms with E-state index < -0.39 is 0 Å². The van der Waals surface area contributed by atoms with Crippen molar-refractivity contribution in [3.8, 4) is 0 Å². The van der Waals surface area contributed by atoms with Crippen molar-refractivity contribution in [1.29, 1.82) is 0 Å². The molecular weight excluding hydrogens is 134 g/mol. The van der Waals surface area contributed by atoms with Crippen LogP contribution in [0.25, 0.3) is 0 Å². The van der Waals surface area contributed by atoms with Crippen LogP contribution in [-0.4, -0.2) is 6.04 Å². The number of nitrogens with two attached hydrogens (primary N) is 1. The Morgan fingerprint density at radius 2 is 1.82 bits per heavy atom. The molecule has 0 bridgehead atoms. The standard InChI is InChI=1S/C10H13N/c11-10-7-6-9(10)8-4-2-1-3-5-8/h1-5,9-10H,6-7,11H2/t9-,10-/m0/s1. The van der Waals surface area contributed by atoms with Crippen molar-refractivity contribution in [3.63, 3.8) is 0 Å². The van der Waals surface area contributed by atoms with Gasteiger partial charge in [-0.1, -0.05) is 30.3 Å². The van der Waals surface area contributed by atoms with Crippen molar-refractivity contribution in [1.82, 2.24) is 0 Å². The highest BCUT2D eigenvalue weighted by Gasteiger charge is 2.28. The van der Waals surface area contributed by atoms with Crippen LogP contribution >= 0.6 is 0 Å². The maximum atomic E-state index is 5.85. The molecule has 0 aliphatic heterocycles. The molecule has 1 nitrogen and oxygen atoms in total. The fourth-order valence-corrected chi connectivity index (χ4v) is 1.64. The topological polar surface area (TPSA) is 26.0 Å². The molecule has 0 aromatic heterocycles. The van der Waals surface area contributed by atoms with E-state index in [-0.39, 0.29) is 0 Å². The van der Waals surface area contributed by atoms with Crippen molar-refractivity contribution in [2.75, 3.05) is 0 Å². The van der Waals surface area contributed by atoms with E-state index >= 15 is 0 Å². The molecule has 2 N–H and O–H groups in total. The molecule has 1 aromatic carbocycles. The van der Waals surface area contributed by atoms with Crippen molar-refractivity contribution >= 4 is 0 Å². The van der Waals surface area contributed by atoms with Gasteiger partial charge in [-0.05, 0) is 24.3 Å². The number of hydrogen-bond donors (Lipinski definition) is 1. The van der Waals surface area contributed by atoms with Gasteiger partial charge in [-0.25, -0.2) is 0 Å². The lowest BCUT2D eigenvalue weighted by molar-refractivity contribution is 0.347. The first kappa shape index (κ1) is 6.86. The van der Waals surface area contributed by atoms with Crippen molar-refractivity contribution in [2.45, 2.75) is 24.8 Å². The maximum Gasteiger partial charge on any atom is 0.0108 e. The molecule has 1 aliphatic carbocycles. The van der Waals surface area contributed by atoms with Gasteiger partial charge in [0.2, 0.25) is 0 Å². The van der Waals surface area contributed by atoms with Crippen LogP contribution in [0.2, 0.25) is 0 Å². The average molecular weight is 147 g/mol. The molecule has 2 atom stereocenters. The first-order valence-electron chi connectivity index (χ1n) is 4.18. The molecule has 11 heavy (non-hydrogen) atoms. The molecule has 1 fully saturated rings. The summed E-state index contributed by atoms with van der Waals surface area (Å²) in [5.41, 5.74) is 7.26. The Balaban J connectivity index is 2.17. The van der Waals surface area contributed by atoms with Gasteiger partial charge < -0.3 is 5.73 Å². The highest BCUT2D eigenvalue weighted by Crippen LogP contribution is 2.34. The van der Waals surface area contributed by atoms with E-state index in [9.17, 15) is 0 Å². The Morgan fingerprint density at radius 1 is 1.09 bits per heavy atom. The van der Waals surface area contributed by atoms with E-state index in [1.54, 1.807) is 0 Å². The molecule has 0 amide bonds. The molecule has 0 spiro atoms. The lowest BCUT2D eigenvalue weighted by Gasteiger charge is -2.33. The Morgan fingerprint density at radius 3 is 2.27 bits per heavy atom. The minimum Gasteiger partial charge on any atom is -0.327 e. The van der Waals surface area contributed by atoms with Gasteiger partial charge >= 0.3 is 0 Å². The van der Waals surface area contributed by atoms with Crippen LogP contribution in [0.15, 0.2) is 30.3 Å². The van der Waals surface area contributed by atoms with Crippen LogP contribution in [0, 0.1) is 0 Å². The van der Waals surface area contributed by atoms with Crippen LogP contribution in [-0.2, 0) is 0 Å². The summed E-state index contributed by atoms with van der Waals surface area (Å²) < 4.78 is 0. The Hall–Kier alpha value is -0.820. The van der Waals surface area contributed by atoms with Crippen molar-refractivity contribution in [3.05, 3.63) is 35.9 Å². The molecule has 2 rings (SSSR count). The van der Waals surface area contributed by atoms with E-state index in [2.05, 4.69) is 24.3 Å². The van der Waals surface area contributed by atoms with Gasteiger partial charge in [0.1, 0.15) is 0 Å². The second kappa shape index (κ2) is 2.67. The SMILES string of the molecule is N[C@H]1CC[C@H]1c1ccccc1. The van der Waals surface area contributed by atoms with Crippen LogP contribution < -0.4 is 5.73 Å². The van der Waals surface area contributed by atoms with E-state index in [1.807, 2.05) is 6.07 Å². The zero-order chi connectivity index (χ0) is 7.68. The summed E-state index contributed by atoms with van der Waals surface area (Å²) in [5.74, 6) is 0.635. The summed E-state index contributed by atoms with van der Waals surface area (Å²) in [6.45, 7) is 0. The maximum absolute atomic E-state index is 5.85. The second-order valence-electron chi connectivity index (χ2n) is 3.26. The lowest BCUT2D eigenvalue weighted by Crippen LogP contribution is -2.37. The molecule has 58 valence electrons. The minimum atomic E-state index is 0.414. The Kier molecular flexibility index (Phi) is 1.66. The minimum absolute atomic E-state index is 0.414. The third-order valence-electron chi connectivity index (χ3n) is 2.56. The van der Waals surface area contributed by atoms with Gasteiger partial charge in [0.05, 0.1) is 0 Å². The number of rotatable bonds is 1. The molecule has 1 aromatic rings. The second-order valence-corrected chi connectivity index (χ2v) is 3.26. The predicted octanol–water partition coefficient (Wildman–Crippen LogP) is 1.89. The first-order chi connectivity index (χ1) is 5.38. The summed E-state index contributed by atoms with van der Waals surface area (Å²) in [5, 5.41) is 0. The van der Waals surface area contributed by atoms with E-state index in [0.717, 1.165) is 0 Å². The highest BCUT2D eigenvalue weighted by atomic mass is 14.7. The molecule has 1 aliphatic rings. The largest absolute Gasteiger partial charge is 0.327 e. The molecule has 1 saturated carbocycles. The van der Waals surface area contributed by atoms with Crippen molar-refractivity contribution < 1.29 is 0 Å². The van der Waals surface area contributed by atoms with Gasteiger partial charge in [0, 0.05) is 6.04 Å². The van der Waals surface area contributed by atoms with E-state index in [1.165, 1.54) is 18.4 Å². The molecule has 0 unspecified atom stereocenters. The van der Waals surface area contributed by atoms with Gasteiger partial charge in [-0.2, -0.15) is 0 Å². The molecule has 1 heteroatoms.